The fourth-order valence-corrected chi connectivity index (χ4v) is 5.82. The normalized spacial score (nSPS) is 19.1. The van der Waals surface area contributed by atoms with Gasteiger partial charge in [0.15, 0.2) is 0 Å². The van der Waals surface area contributed by atoms with Crippen LogP contribution in [0.3, 0.4) is 0 Å². The Hall–Kier alpha value is -2.96. The van der Waals surface area contributed by atoms with Crippen LogP contribution >= 0.6 is 0 Å². The van der Waals surface area contributed by atoms with Crippen LogP contribution in [0.2, 0.25) is 0 Å². The smallest absolute Gasteiger partial charge is 0.258 e. The van der Waals surface area contributed by atoms with Crippen molar-refractivity contribution >= 4 is 39.1 Å². The van der Waals surface area contributed by atoms with E-state index in [0.717, 1.165) is 44.6 Å². The molecule has 200 valence electrons. The molecular formula is C25H34N6O5S. The van der Waals surface area contributed by atoms with Crippen LogP contribution in [0, 0.1) is 12.3 Å². The summed E-state index contributed by atoms with van der Waals surface area (Å²) in [6.45, 7) is 4.89. The fraction of sp³-hybridized carbons (Fsp3) is 0.560. The highest BCUT2D eigenvalue weighted by Crippen LogP contribution is 2.54. The van der Waals surface area contributed by atoms with Crippen LogP contribution in [0.25, 0.3) is 0 Å². The monoisotopic (exact) mass is 530 g/mol. The molecule has 1 aliphatic carbocycles. The summed E-state index contributed by atoms with van der Waals surface area (Å²) in [4.78, 5) is 26.7. The van der Waals surface area contributed by atoms with E-state index in [1.807, 2.05) is 11.8 Å². The first kappa shape index (κ1) is 25.7. The van der Waals surface area contributed by atoms with Crippen molar-refractivity contribution in [1.29, 1.82) is 0 Å². The maximum atomic E-state index is 13.5. The zero-order valence-corrected chi connectivity index (χ0v) is 21.9. The van der Waals surface area contributed by atoms with Crippen molar-refractivity contribution in [3.63, 3.8) is 0 Å². The van der Waals surface area contributed by atoms with Crippen molar-refractivity contribution < 1.29 is 23.1 Å². The predicted molar refractivity (Wildman–Crippen MR) is 142 cm³/mol. The molecule has 1 aromatic carbocycles. The van der Waals surface area contributed by atoms with Gasteiger partial charge in [0.05, 0.1) is 35.9 Å². The molecule has 11 nitrogen and oxygen atoms in total. The molecule has 0 atom stereocenters. The molecule has 1 saturated carbocycles. The van der Waals surface area contributed by atoms with Gasteiger partial charge in [-0.25, -0.2) is 13.4 Å². The molecule has 3 N–H and O–H groups in total. The average Bonchev–Trinajstić information content (AvgIpc) is 3.63. The molecular weight excluding hydrogens is 496 g/mol. The van der Waals surface area contributed by atoms with Crippen LogP contribution in [-0.4, -0.2) is 74.7 Å². The molecule has 0 radical (unpaired) electrons. The molecule has 2 aromatic rings. The van der Waals surface area contributed by atoms with Gasteiger partial charge in [0.25, 0.3) is 5.91 Å². The van der Waals surface area contributed by atoms with Gasteiger partial charge >= 0.3 is 0 Å². The molecule has 0 unspecified atom stereocenters. The van der Waals surface area contributed by atoms with Gasteiger partial charge in [0, 0.05) is 31.4 Å². The third kappa shape index (κ3) is 6.13. The number of benzene rings is 1. The van der Waals surface area contributed by atoms with Crippen LogP contribution in [0.15, 0.2) is 24.3 Å². The second kappa shape index (κ2) is 10.4. The van der Waals surface area contributed by atoms with Gasteiger partial charge in [0.1, 0.15) is 12.5 Å². The van der Waals surface area contributed by atoms with Gasteiger partial charge in [0.2, 0.25) is 16.0 Å². The largest absolute Gasteiger partial charge is 0.395 e. The molecule has 3 heterocycles. The summed E-state index contributed by atoms with van der Waals surface area (Å²) in [5.41, 5.74) is 2.65. The number of anilines is 4. The van der Waals surface area contributed by atoms with E-state index in [9.17, 15) is 13.2 Å². The first-order valence-electron chi connectivity index (χ1n) is 12.8. The van der Waals surface area contributed by atoms with Gasteiger partial charge in [-0.2, -0.15) is 4.98 Å². The number of nitrogens with one attached hydrogen (secondary N) is 2. The molecule has 2 aliphatic heterocycles. The summed E-state index contributed by atoms with van der Waals surface area (Å²) in [6.07, 6.45) is 5.51. The van der Waals surface area contributed by atoms with Gasteiger partial charge < -0.3 is 25.0 Å². The number of hydrogen-bond donors (Lipinski definition) is 3. The first-order valence-corrected chi connectivity index (χ1v) is 14.4. The number of aryl methyl sites for hydroxylation is 1. The second-order valence-corrected chi connectivity index (χ2v) is 12.0. The summed E-state index contributed by atoms with van der Waals surface area (Å²) in [6, 6.07) is 6.63. The summed E-state index contributed by atoms with van der Waals surface area (Å²) in [5, 5.41) is 12.0. The average molecular weight is 531 g/mol. The van der Waals surface area contributed by atoms with Crippen LogP contribution in [0.5, 0.6) is 0 Å². The van der Waals surface area contributed by atoms with Crippen molar-refractivity contribution in [1.82, 2.24) is 9.97 Å². The number of hydrogen-bond acceptors (Lipinski definition) is 9. The lowest BCUT2D eigenvalue weighted by Gasteiger charge is -2.35. The molecule has 2 saturated heterocycles. The lowest BCUT2D eigenvalue weighted by Crippen LogP contribution is -2.36. The van der Waals surface area contributed by atoms with E-state index in [1.54, 1.807) is 24.3 Å². The summed E-state index contributed by atoms with van der Waals surface area (Å²) >= 11 is 0. The van der Waals surface area contributed by atoms with Crippen molar-refractivity contribution in [2.75, 3.05) is 65.2 Å². The maximum absolute atomic E-state index is 13.5. The number of aliphatic hydroxyl groups excluding tert-OH is 1. The van der Waals surface area contributed by atoms with Crippen LogP contribution in [-0.2, 0) is 14.8 Å². The topological polar surface area (TPSA) is 137 Å². The molecule has 5 rings (SSSR count). The van der Waals surface area contributed by atoms with Crippen molar-refractivity contribution in [3.05, 3.63) is 35.5 Å². The third-order valence-electron chi connectivity index (χ3n) is 7.33. The van der Waals surface area contributed by atoms with E-state index in [-0.39, 0.29) is 5.91 Å². The van der Waals surface area contributed by atoms with E-state index in [0.29, 0.717) is 47.5 Å². The van der Waals surface area contributed by atoms with Gasteiger partial charge in [-0.3, -0.25) is 9.52 Å². The highest BCUT2D eigenvalue weighted by Gasteiger charge is 2.44. The number of aliphatic hydroxyl groups is 1. The van der Waals surface area contributed by atoms with Gasteiger partial charge in [-0.1, -0.05) is 0 Å². The molecule has 3 fully saturated rings. The Morgan fingerprint density at radius 1 is 1.11 bits per heavy atom. The molecule has 37 heavy (non-hydrogen) atoms. The minimum Gasteiger partial charge on any atom is -0.395 e. The minimum atomic E-state index is -3.69. The quantitative estimate of drug-likeness (QED) is 0.470. The lowest BCUT2D eigenvalue weighted by molar-refractivity contribution is 0.102. The number of nitrogens with zero attached hydrogens (tertiary/aromatic N) is 4. The fourth-order valence-electron chi connectivity index (χ4n) is 4.99. The summed E-state index contributed by atoms with van der Waals surface area (Å²) in [7, 11) is -3.69. The van der Waals surface area contributed by atoms with Gasteiger partial charge in [-0.05, 0) is 62.6 Å². The van der Waals surface area contributed by atoms with Crippen molar-refractivity contribution in [3.8, 4) is 0 Å². The van der Waals surface area contributed by atoms with E-state index >= 15 is 0 Å². The highest BCUT2D eigenvalue weighted by atomic mass is 32.2. The Kier molecular flexibility index (Phi) is 7.24. The summed E-state index contributed by atoms with van der Waals surface area (Å²) in [5.74, 6) is 0.182. The summed E-state index contributed by atoms with van der Waals surface area (Å²) < 4.78 is 32.5. The molecule has 1 aromatic heterocycles. The lowest BCUT2D eigenvalue weighted by atomic mass is 9.93. The molecule has 12 heteroatoms. The molecule has 0 bridgehead atoms. The number of sulfonamides is 1. The maximum Gasteiger partial charge on any atom is 0.258 e. The van der Waals surface area contributed by atoms with Crippen LogP contribution < -0.4 is 19.8 Å². The van der Waals surface area contributed by atoms with E-state index < -0.39 is 22.4 Å². The standard InChI is InChI=1S/C25H34N6O5S/c1-18-15-22(28-24(26-18)31-9-2-13-36-17-31)27-23(33)20-4-3-19(29-37(34,35)14-12-32)16-21(20)30-10-7-25(5-6-25)8-11-30/h3-4,15-16,29,32H,2,5-14,17H2,1H3,(H,26,27,28,33). The number of carbonyl (C=O) groups is 1. The molecule has 3 aliphatic rings. The Morgan fingerprint density at radius 3 is 2.57 bits per heavy atom. The van der Waals surface area contributed by atoms with Crippen molar-refractivity contribution in [2.45, 2.75) is 39.0 Å². The molecule has 1 spiro atoms. The number of rotatable bonds is 8. The number of piperidine rings is 1. The Balaban J connectivity index is 1.40. The zero-order valence-electron chi connectivity index (χ0n) is 21.1. The minimum absolute atomic E-state index is 0.328. The van der Waals surface area contributed by atoms with E-state index in [2.05, 4.69) is 24.9 Å². The van der Waals surface area contributed by atoms with Crippen molar-refractivity contribution in [2.24, 2.45) is 5.41 Å². The van der Waals surface area contributed by atoms with E-state index in [4.69, 9.17) is 9.84 Å². The van der Waals surface area contributed by atoms with Crippen LogP contribution in [0.4, 0.5) is 23.1 Å². The van der Waals surface area contributed by atoms with Crippen LogP contribution in [0.1, 0.15) is 48.2 Å². The Bertz CT molecular complexity index is 1250. The highest BCUT2D eigenvalue weighted by molar-refractivity contribution is 7.92. The zero-order chi connectivity index (χ0) is 26.0. The Labute approximate surface area is 217 Å². The third-order valence-corrected chi connectivity index (χ3v) is 8.60. The number of amides is 1. The van der Waals surface area contributed by atoms with E-state index in [1.165, 1.54) is 12.8 Å². The predicted octanol–water partition coefficient (Wildman–Crippen LogP) is 2.34. The number of ether oxygens (including phenoxy) is 1. The Morgan fingerprint density at radius 2 is 1.89 bits per heavy atom. The SMILES string of the molecule is Cc1cc(NC(=O)c2ccc(NS(=O)(=O)CCO)cc2N2CCC3(CC2)CC3)nc(N2CCCOC2)n1. The second-order valence-electron chi connectivity index (χ2n) is 10.2. The van der Waals surface area contributed by atoms with Gasteiger partial charge in [-0.15, -0.1) is 0 Å². The first-order chi connectivity index (χ1) is 17.8. The molecule has 1 amide bonds. The number of aromatic nitrogens is 2. The number of carbonyl (C=O) groups excluding carboxylic acids is 1.